The van der Waals surface area contributed by atoms with E-state index in [4.69, 9.17) is 18.9 Å². The van der Waals surface area contributed by atoms with E-state index in [1.165, 1.54) is 50.5 Å². The number of carbonyl (C=O) groups is 5. The highest BCUT2D eigenvalue weighted by molar-refractivity contribution is 9.10. The highest BCUT2D eigenvalue weighted by atomic mass is 79.9. The molecule has 0 bridgehead atoms. The topological polar surface area (TPSA) is 192 Å². The van der Waals surface area contributed by atoms with E-state index >= 15 is 0 Å². The van der Waals surface area contributed by atoms with Gasteiger partial charge in [0.05, 0.1) is 28.3 Å². The van der Waals surface area contributed by atoms with Gasteiger partial charge in [0, 0.05) is 20.1 Å². The van der Waals surface area contributed by atoms with E-state index in [1.807, 2.05) is 52.8 Å². The molecule has 1 atom stereocenters. The summed E-state index contributed by atoms with van der Waals surface area (Å²) in [6.07, 6.45) is 11.3. The number of hydrogen-bond acceptors (Lipinski definition) is 12. The van der Waals surface area contributed by atoms with Crippen molar-refractivity contribution >= 4 is 56.7 Å². The van der Waals surface area contributed by atoms with E-state index in [0.29, 0.717) is 85.3 Å². The molecule has 1 saturated carbocycles. The van der Waals surface area contributed by atoms with Gasteiger partial charge in [-0.2, -0.15) is 0 Å². The lowest BCUT2D eigenvalue weighted by Crippen LogP contribution is -2.20. The van der Waals surface area contributed by atoms with E-state index in [9.17, 15) is 39.1 Å². The van der Waals surface area contributed by atoms with Crippen molar-refractivity contribution in [1.29, 1.82) is 0 Å². The second-order valence-electron chi connectivity index (χ2n) is 19.3. The number of carboxylic acid groups (broad SMARTS) is 1. The minimum Gasteiger partial charge on any atom is -0.511 e. The number of hydrogen-bond donors (Lipinski definition) is 2. The first-order valence-electron chi connectivity index (χ1n) is 26.4. The Balaban J connectivity index is 0.000000452. The fourth-order valence-electron chi connectivity index (χ4n) is 8.66. The molecule has 422 valence electrons. The van der Waals surface area contributed by atoms with Crippen LogP contribution in [0.3, 0.4) is 0 Å². The van der Waals surface area contributed by atoms with Gasteiger partial charge in [-0.15, -0.1) is 4.91 Å². The molecule has 0 amide bonds. The Kier molecular flexibility index (Phi) is 27.8. The number of nitroso groups, excluding NO2 is 1. The van der Waals surface area contributed by atoms with Gasteiger partial charge in [-0.1, -0.05) is 82.5 Å². The van der Waals surface area contributed by atoms with Gasteiger partial charge in [0.15, 0.2) is 0 Å². The number of benzene rings is 4. The monoisotopic (exact) mass is 1140 g/mol. The molecule has 13 nitrogen and oxygen atoms in total. The van der Waals surface area contributed by atoms with Crippen LogP contribution in [-0.4, -0.2) is 60.5 Å². The predicted octanol–water partition coefficient (Wildman–Crippen LogP) is 16.4. The van der Waals surface area contributed by atoms with E-state index < -0.39 is 23.8 Å². The Hall–Kier alpha value is -6.77. The number of fused-ring (bicyclic) bond motifs is 1. The van der Waals surface area contributed by atoms with Gasteiger partial charge >= 0.3 is 17.9 Å². The molecule has 3 aliphatic rings. The van der Waals surface area contributed by atoms with Crippen LogP contribution in [-0.2, 0) is 31.9 Å². The first kappa shape index (κ1) is 67.3. The quantitative estimate of drug-likeness (QED) is 0.0732. The molecular formula is C64H82BrNO12. The minimum atomic E-state index is -0.978. The summed E-state index contributed by atoms with van der Waals surface area (Å²) in [5.74, 6) is -1.74. The number of aliphatic hydroxyl groups is 1. The number of aromatic carboxylic acids is 1. The smallest absolute Gasteiger partial charge is 0.346 e. The molecule has 1 fully saturated rings. The number of aryl methyl sites for hydroxylation is 1. The maximum absolute atomic E-state index is 13.6. The van der Waals surface area contributed by atoms with Crippen molar-refractivity contribution in [1.82, 2.24) is 0 Å². The van der Waals surface area contributed by atoms with Gasteiger partial charge in [0.1, 0.15) is 46.2 Å². The van der Waals surface area contributed by atoms with Gasteiger partial charge in [-0.05, 0) is 220 Å². The van der Waals surface area contributed by atoms with Crippen molar-refractivity contribution < 1.29 is 53.1 Å². The number of nitrogens with zero attached hydrogens (tertiary/aromatic N) is 1. The van der Waals surface area contributed by atoms with Crippen LogP contribution < -0.4 is 9.47 Å². The van der Waals surface area contributed by atoms with Gasteiger partial charge in [0.2, 0.25) is 0 Å². The molecule has 78 heavy (non-hydrogen) atoms. The molecule has 0 saturated heterocycles. The molecule has 1 unspecified atom stereocenters. The molecule has 2 N–H and O–H groups in total. The van der Waals surface area contributed by atoms with Gasteiger partial charge < -0.3 is 29.2 Å². The summed E-state index contributed by atoms with van der Waals surface area (Å²) >= 11 is 3.38. The van der Waals surface area contributed by atoms with E-state index in [2.05, 4.69) is 53.7 Å². The van der Waals surface area contributed by atoms with Crippen LogP contribution in [0, 0.1) is 66.2 Å². The number of rotatable bonds is 13. The van der Waals surface area contributed by atoms with Crippen molar-refractivity contribution in [3.8, 4) is 11.5 Å². The zero-order valence-electron chi connectivity index (χ0n) is 49.1. The zero-order chi connectivity index (χ0) is 59.3. The fourth-order valence-corrected chi connectivity index (χ4v) is 9.23. The summed E-state index contributed by atoms with van der Waals surface area (Å²) in [6, 6.07) is 11.8. The summed E-state index contributed by atoms with van der Waals surface area (Å²) in [6.45, 7) is 31.9. The molecule has 0 aliphatic heterocycles. The summed E-state index contributed by atoms with van der Waals surface area (Å²) < 4.78 is 21.9. The van der Waals surface area contributed by atoms with Crippen LogP contribution in [0.4, 0.5) is 5.69 Å². The van der Waals surface area contributed by atoms with Crippen molar-refractivity contribution in [3.05, 3.63) is 165 Å². The first-order valence-corrected chi connectivity index (χ1v) is 27.2. The lowest BCUT2D eigenvalue weighted by atomic mass is 9.92. The van der Waals surface area contributed by atoms with Crippen LogP contribution in [0.1, 0.15) is 179 Å². The highest BCUT2D eigenvalue weighted by Crippen LogP contribution is 2.41. The first-order chi connectivity index (χ1) is 36.8. The molecule has 0 spiro atoms. The van der Waals surface area contributed by atoms with Crippen LogP contribution in [0.15, 0.2) is 87.4 Å². The number of aliphatic hydroxyl groups excluding tert-OH is 1. The fraction of sp³-hybridized carbons (Fsp3) is 0.422. The van der Waals surface area contributed by atoms with Crippen molar-refractivity contribution in [3.63, 3.8) is 0 Å². The summed E-state index contributed by atoms with van der Waals surface area (Å²) in [4.78, 5) is 72.6. The van der Waals surface area contributed by atoms with Crippen LogP contribution in [0.2, 0.25) is 0 Å². The van der Waals surface area contributed by atoms with Gasteiger partial charge in [-0.25, -0.2) is 14.4 Å². The number of Topliss-reactive ketones (excluding diaryl/α,β-unsaturated/α-hetero) is 2. The molecule has 0 radical (unpaired) electrons. The Labute approximate surface area is 471 Å². The molecule has 3 aliphatic carbocycles. The number of ether oxygens (including phenoxy) is 4. The van der Waals surface area contributed by atoms with Crippen molar-refractivity contribution in [2.45, 2.75) is 155 Å². The lowest BCUT2D eigenvalue weighted by Gasteiger charge is -2.20. The number of allylic oxidation sites excluding steroid dienone is 5. The Morgan fingerprint density at radius 3 is 1.76 bits per heavy atom. The number of carbonyl (C=O) groups excluding carboxylic acids is 4. The Bertz CT molecular complexity index is 2950. The number of halogens is 1. The van der Waals surface area contributed by atoms with Crippen molar-refractivity contribution in [2.75, 3.05) is 20.8 Å². The van der Waals surface area contributed by atoms with E-state index in [-0.39, 0.29) is 34.3 Å². The number of ketones is 2. The molecule has 0 aromatic heterocycles. The number of esters is 2. The highest BCUT2D eigenvalue weighted by Gasteiger charge is 2.31. The molecule has 4 aromatic carbocycles. The normalized spacial score (nSPS) is 13.8. The predicted molar refractivity (Wildman–Crippen MR) is 316 cm³/mol. The number of carboxylic acids is 1. The zero-order valence-corrected chi connectivity index (χ0v) is 50.7. The second kappa shape index (κ2) is 32.2. The van der Waals surface area contributed by atoms with Crippen LogP contribution in [0.5, 0.6) is 11.5 Å². The number of methoxy groups -OCH3 is 2. The average molecular weight is 1140 g/mol. The SMILES string of the molecule is C1CC1.C=C1C=C(O)C(C(C)=O)C(OC)=C1.CC.CC(=O)C/C(C)=C(\C)c1ccccc1.CCCOC.Cc1cc(OC(=O)c2c(C)c(C)c(C)c(Br)c2N=O)c(C)c(C)c1C(=O)Oc1c(C)c(C)c(C(=O)O)c2c1CCC2. The Morgan fingerprint density at radius 1 is 0.718 bits per heavy atom. The third-order valence-corrected chi connectivity index (χ3v) is 14.5. The summed E-state index contributed by atoms with van der Waals surface area (Å²) in [5.41, 5.74) is 11.6. The van der Waals surface area contributed by atoms with Gasteiger partial charge in [0.25, 0.3) is 0 Å². The standard InChI is InChI=1S/C32H32BrNO7.C13H16O.C10H12O3.C4H10O.C3H6.C2H6/c1-13-12-23(40-32(38)26-16(4)14(2)19(7)27(33)28(26)34-39)15(3)17(5)24(13)31(37)41-29-20(8)18(6)25(30(35)36)21-10-9-11-22(21)29;1-10(9-11(2)14)12(3)13-7-5-4-6-8-13;1-6-4-8(12)10(7(2)11)9(5-6)13-3;1-3-4-5-2;1-2-3-1;1-2/h12H,9-11H2,1-8H3,(H,35,36);4-8H,9H2,1-3H3;4-5,10,12H,1H2,2-3H3;3-4H2,1-2H3;1-3H2;1-2H3/b;12-10+;;;;. The average Bonchev–Trinajstić information content (AvgIpc) is 4.22. The summed E-state index contributed by atoms with van der Waals surface area (Å²) in [5, 5.41) is 22.3. The molecular weight excluding hydrogens is 1050 g/mol. The van der Waals surface area contributed by atoms with E-state index in [1.54, 1.807) is 67.7 Å². The summed E-state index contributed by atoms with van der Waals surface area (Å²) in [7, 11) is 3.18. The van der Waals surface area contributed by atoms with Gasteiger partial charge in [-0.3, -0.25) is 9.59 Å². The van der Waals surface area contributed by atoms with Crippen LogP contribution in [0.25, 0.3) is 5.57 Å². The molecule has 14 heteroatoms. The minimum absolute atomic E-state index is 0.00292. The van der Waals surface area contributed by atoms with Crippen molar-refractivity contribution in [2.24, 2.45) is 11.1 Å². The maximum Gasteiger partial charge on any atom is 0.346 e. The third-order valence-electron chi connectivity index (χ3n) is 13.5. The molecule has 4 aromatic rings. The second-order valence-corrected chi connectivity index (χ2v) is 20.1. The lowest BCUT2D eigenvalue weighted by molar-refractivity contribution is -0.120. The third kappa shape index (κ3) is 17.9. The van der Waals surface area contributed by atoms with Crippen LogP contribution >= 0.6 is 15.9 Å². The van der Waals surface area contributed by atoms with E-state index in [0.717, 1.165) is 47.3 Å². The largest absolute Gasteiger partial charge is 0.511 e. The maximum atomic E-state index is 13.6. The molecule has 7 rings (SSSR count). The molecule has 0 heterocycles. The Morgan fingerprint density at radius 2 is 1.27 bits per heavy atom.